The van der Waals surface area contributed by atoms with Gasteiger partial charge in [-0.1, -0.05) is 30.3 Å². The number of hydrogen-bond donors (Lipinski definition) is 0. The number of amides is 1. The van der Waals surface area contributed by atoms with Gasteiger partial charge in [0.25, 0.3) is 5.91 Å². The standard InChI is InChI=1S/C17H19NO2/c1-3-18(17(19)15-7-5-4-6-8-15)13-14-9-11-16(20-2)12-10-14/h4-12H,3,13H2,1-2H3. The van der Waals surface area contributed by atoms with Crippen molar-refractivity contribution in [2.24, 2.45) is 0 Å². The molecule has 0 unspecified atom stereocenters. The lowest BCUT2D eigenvalue weighted by Gasteiger charge is -2.21. The van der Waals surface area contributed by atoms with Crippen molar-refractivity contribution in [1.29, 1.82) is 0 Å². The number of methoxy groups -OCH3 is 1. The molecule has 0 saturated heterocycles. The Morgan fingerprint density at radius 1 is 1.05 bits per heavy atom. The van der Waals surface area contributed by atoms with E-state index < -0.39 is 0 Å². The minimum Gasteiger partial charge on any atom is -0.497 e. The quantitative estimate of drug-likeness (QED) is 0.833. The van der Waals surface area contributed by atoms with E-state index in [0.29, 0.717) is 13.1 Å². The van der Waals surface area contributed by atoms with E-state index in [-0.39, 0.29) is 5.91 Å². The molecule has 0 aliphatic carbocycles. The molecule has 0 heterocycles. The van der Waals surface area contributed by atoms with E-state index in [0.717, 1.165) is 16.9 Å². The van der Waals surface area contributed by atoms with Crippen molar-refractivity contribution < 1.29 is 9.53 Å². The summed E-state index contributed by atoms with van der Waals surface area (Å²) in [5, 5.41) is 0. The van der Waals surface area contributed by atoms with Crippen LogP contribution in [0, 0.1) is 0 Å². The van der Waals surface area contributed by atoms with Crippen LogP contribution in [0.3, 0.4) is 0 Å². The fraction of sp³-hybridized carbons (Fsp3) is 0.235. The van der Waals surface area contributed by atoms with Crippen molar-refractivity contribution in [1.82, 2.24) is 4.90 Å². The lowest BCUT2D eigenvalue weighted by Crippen LogP contribution is -2.30. The molecule has 0 saturated carbocycles. The molecule has 2 aromatic carbocycles. The number of benzene rings is 2. The highest BCUT2D eigenvalue weighted by Gasteiger charge is 2.13. The predicted octanol–water partition coefficient (Wildman–Crippen LogP) is 3.36. The van der Waals surface area contributed by atoms with Crippen LogP contribution in [0.5, 0.6) is 5.75 Å². The van der Waals surface area contributed by atoms with Gasteiger partial charge in [0.1, 0.15) is 5.75 Å². The average Bonchev–Trinajstić information content (AvgIpc) is 2.53. The molecule has 0 N–H and O–H groups in total. The summed E-state index contributed by atoms with van der Waals surface area (Å²) in [7, 11) is 1.65. The van der Waals surface area contributed by atoms with E-state index >= 15 is 0 Å². The first-order chi connectivity index (χ1) is 9.74. The first-order valence-corrected chi connectivity index (χ1v) is 6.72. The molecule has 2 aromatic rings. The summed E-state index contributed by atoms with van der Waals surface area (Å²) < 4.78 is 5.14. The second-order valence-corrected chi connectivity index (χ2v) is 4.53. The molecular weight excluding hydrogens is 250 g/mol. The molecular formula is C17H19NO2. The third-order valence-electron chi connectivity index (χ3n) is 3.22. The summed E-state index contributed by atoms with van der Waals surface area (Å²) in [6.07, 6.45) is 0. The van der Waals surface area contributed by atoms with Crippen LogP contribution in [0.4, 0.5) is 0 Å². The van der Waals surface area contributed by atoms with E-state index in [1.165, 1.54) is 0 Å². The number of carbonyl (C=O) groups excluding carboxylic acids is 1. The zero-order chi connectivity index (χ0) is 14.4. The van der Waals surface area contributed by atoms with Gasteiger partial charge in [0.2, 0.25) is 0 Å². The van der Waals surface area contributed by atoms with Crippen molar-refractivity contribution in [3.8, 4) is 5.75 Å². The summed E-state index contributed by atoms with van der Waals surface area (Å²) in [6.45, 7) is 3.28. The molecule has 0 atom stereocenters. The smallest absolute Gasteiger partial charge is 0.254 e. The largest absolute Gasteiger partial charge is 0.497 e. The van der Waals surface area contributed by atoms with Crippen LogP contribution >= 0.6 is 0 Å². The molecule has 3 nitrogen and oxygen atoms in total. The maximum atomic E-state index is 12.4. The second-order valence-electron chi connectivity index (χ2n) is 4.53. The Morgan fingerprint density at radius 2 is 1.70 bits per heavy atom. The van der Waals surface area contributed by atoms with Crippen LogP contribution < -0.4 is 4.74 Å². The Kier molecular flexibility index (Phi) is 4.77. The van der Waals surface area contributed by atoms with Crippen LogP contribution in [-0.4, -0.2) is 24.5 Å². The summed E-state index contributed by atoms with van der Waals surface area (Å²) in [5.41, 5.74) is 1.82. The maximum Gasteiger partial charge on any atom is 0.254 e. The van der Waals surface area contributed by atoms with Crippen LogP contribution in [0.2, 0.25) is 0 Å². The minimum absolute atomic E-state index is 0.0592. The number of nitrogens with zero attached hydrogens (tertiary/aromatic N) is 1. The van der Waals surface area contributed by atoms with Crippen LogP contribution in [0.1, 0.15) is 22.8 Å². The maximum absolute atomic E-state index is 12.4. The fourth-order valence-corrected chi connectivity index (χ4v) is 2.04. The van der Waals surface area contributed by atoms with Crippen molar-refractivity contribution in [3.05, 3.63) is 65.7 Å². The van der Waals surface area contributed by atoms with E-state index in [1.807, 2.05) is 66.4 Å². The van der Waals surface area contributed by atoms with Gasteiger partial charge in [0.05, 0.1) is 7.11 Å². The molecule has 0 radical (unpaired) electrons. The molecule has 2 rings (SSSR count). The van der Waals surface area contributed by atoms with Gasteiger partial charge in [0.15, 0.2) is 0 Å². The second kappa shape index (κ2) is 6.75. The third kappa shape index (κ3) is 3.38. The molecule has 0 aromatic heterocycles. The molecule has 3 heteroatoms. The summed E-state index contributed by atoms with van der Waals surface area (Å²) in [5.74, 6) is 0.884. The van der Waals surface area contributed by atoms with E-state index in [2.05, 4.69) is 0 Å². The first-order valence-electron chi connectivity index (χ1n) is 6.72. The zero-order valence-corrected chi connectivity index (χ0v) is 11.9. The lowest BCUT2D eigenvalue weighted by atomic mass is 10.1. The highest BCUT2D eigenvalue weighted by molar-refractivity contribution is 5.94. The van der Waals surface area contributed by atoms with Gasteiger partial charge in [-0.3, -0.25) is 4.79 Å². The normalized spacial score (nSPS) is 10.1. The number of rotatable bonds is 5. The van der Waals surface area contributed by atoms with E-state index in [9.17, 15) is 4.79 Å². The van der Waals surface area contributed by atoms with Gasteiger partial charge >= 0.3 is 0 Å². The van der Waals surface area contributed by atoms with Gasteiger partial charge in [-0.05, 0) is 36.8 Å². The van der Waals surface area contributed by atoms with Crippen molar-refractivity contribution in [2.75, 3.05) is 13.7 Å². The Bertz CT molecular complexity index is 549. The molecule has 0 bridgehead atoms. The zero-order valence-electron chi connectivity index (χ0n) is 11.9. The Balaban J connectivity index is 2.10. The topological polar surface area (TPSA) is 29.5 Å². The van der Waals surface area contributed by atoms with Crippen molar-refractivity contribution >= 4 is 5.91 Å². The summed E-state index contributed by atoms with van der Waals surface area (Å²) in [4.78, 5) is 14.2. The highest BCUT2D eigenvalue weighted by Crippen LogP contribution is 2.14. The lowest BCUT2D eigenvalue weighted by molar-refractivity contribution is 0.0752. The van der Waals surface area contributed by atoms with Crippen LogP contribution in [0.25, 0.3) is 0 Å². The molecule has 0 aliphatic heterocycles. The van der Waals surface area contributed by atoms with Crippen molar-refractivity contribution in [3.63, 3.8) is 0 Å². The SMILES string of the molecule is CCN(Cc1ccc(OC)cc1)C(=O)c1ccccc1. The van der Waals surface area contributed by atoms with Crippen LogP contribution in [0.15, 0.2) is 54.6 Å². The number of carbonyl (C=O) groups is 1. The Hall–Kier alpha value is -2.29. The number of ether oxygens (including phenoxy) is 1. The van der Waals surface area contributed by atoms with Gasteiger partial charge < -0.3 is 9.64 Å². The number of hydrogen-bond acceptors (Lipinski definition) is 2. The molecule has 0 spiro atoms. The van der Waals surface area contributed by atoms with Gasteiger partial charge in [-0.25, -0.2) is 0 Å². The molecule has 0 aliphatic rings. The summed E-state index contributed by atoms with van der Waals surface area (Å²) >= 11 is 0. The van der Waals surface area contributed by atoms with Gasteiger partial charge in [-0.2, -0.15) is 0 Å². The molecule has 20 heavy (non-hydrogen) atoms. The van der Waals surface area contributed by atoms with Crippen molar-refractivity contribution in [2.45, 2.75) is 13.5 Å². The van der Waals surface area contributed by atoms with E-state index in [4.69, 9.17) is 4.74 Å². The van der Waals surface area contributed by atoms with E-state index in [1.54, 1.807) is 7.11 Å². The molecule has 1 amide bonds. The Morgan fingerprint density at radius 3 is 2.25 bits per heavy atom. The fourth-order valence-electron chi connectivity index (χ4n) is 2.04. The summed E-state index contributed by atoms with van der Waals surface area (Å²) in [6, 6.07) is 17.2. The predicted molar refractivity (Wildman–Crippen MR) is 79.9 cm³/mol. The third-order valence-corrected chi connectivity index (χ3v) is 3.22. The molecule has 104 valence electrons. The van der Waals surface area contributed by atoms with Gasteiger partial charge in [-0.15, -0.1) is 0 Å². The average molecular weight is 269 g/mol. The highest BCUT2D eigenvalue weighted by atomic mass is 16.5. The Labute approximate surface area is 119 Å². The monoisotopic (exact) mass is 269 g/mol. The van der Waals surface area contributed by atoms with Crippen LogP contribution in [-0.2, 0) is 6.54 Å². The minimum atomic E-state index is 0.0592. The first kappa shape index (κ1) is 14.1. The molecule has 0 fully saturated rings. The van der Waals surface area contributed by atoms with Gasteiger partial charge in [0, 0.05) is 18.7 Å².